The van der Waals surface area contributed by atoms with Gasteiger partial charge in [0.25, 0.3) is 5.91 Å². The normalized spacial score (nSPS) is 23.2. The number of aromatic amines is 1. The molecular weight excluding hydrogens is 252 g/mol. The van der Waals surface area contributed by atoms with E-state index in [1.165, 1.54) is 6.42 Å². The number of carbonyl (C=O) groups is 1. The van der Waals surface area contributed by atoms with Gasteiger partial charge >= 0.3 is 0 Å². The second-order valence-corrected chi connectivity index (χ2v) is 5.95. The van der Waals surface area contributed by atoms with E-state index in [2.05, 4.69) is 28.8 Å². The Kier molecular flexibility index (Phi) is 3.20. The van der Waals surface area contributed by atoms with E-state index in [1.807, 2.05) is 17.0 Å². The highest BCUT2D eigenvalue weighted by Gasteiger charge is 2.32. The van der Waals surface area contributed by atoms with E-state index >= 15 is 0 Å². The summed E-state index contributed by atoms with van der Waals surface area (Å²) in [5.74, 6) is 0.390. The minimum absolute atomic E-state index is 0.0117. The van der Waals surface area contributed by atoms with E-state index in [4.69, 9.17) is 0 Å². The number of nitrogens with one attached hydrogen (secondary N) is 1. The molecule has 0 saturated carbocycles. The molecule has 5 heteroatoms. The second kappa shape index (κ2) is 4.89. The summed E-state index contributed by atoms with van der Waals surface area (Å²) in [6.45, 7) is 6.08. The third-order valence-corrected chi connectivity index (χ3v) is 4.38. The Balaban J connectivity index is 1.84. The molecule has 3 rings (SSSR count). The molecule has 1 aliphatic rings. The zero-order valence-electron chi connectivity index (χ0n) is 12.0. The Bertz CT molecular complexity index is 603. The van der Waals surface area contributed by atoms with Gasteiger partial charge in [-0.1, -0.05) is 13.8 Å². The van der Waals surface area contributed by atoms with E-state index < -0.39 is 0 Å². The number of hydrogen-bond acceptors (Lipinski definition) is 3. The lowest BCUT2D eigenvalue weighted by Crippen LogP contribution is -2.44. The van der Waals surface area contributed by atoms with Gasteiger partial charge in [0.2, 0.25) is 0 Å². The van der Waals surface area contributed by atoms with Crippen LogP contribution in [0.4, 0.5) is 0 Å². The summed E-state index contributed by atoms with van der Waals surface area (Å²) in [4.78, 5) is 26.0. The molecular formula is C15H20N4O. The van der Waals surface area contributed by atoms with Gasteiger partial charge in [-0.25, -0.2) is 9.97 Å². The largest absolute Gasteiger partial charge is 0.335 e. The lowest BCUT2D eigenvalue weighted by molar-refractivity contribution is 0.0532. The molecule has 5 nitrogen and oxygen atoms in total. The standard InChI is InChI=1S/C15H20N4O/c1-3-15(2)7-5-9-19(10-15)14(20)13-17-11-6-4-8-16-12(11)18-13/h4,6,8H,3,5,7,9-10H2,1-2H3,(H,16,17,18). The van der Waals surface area contributed by atoms with Crippen LogP contribution < -0.4 is 0 Å². The first kappa shape index (κ1) is 13.1. The van der Waals surface area contributed by atoms with Crippen molar-refractivity contribution in [1.29, 1.82) is 0 Å². The molecule has 0 aromatic carbocycles. The average Bonchev–Trinajstić information content (AvgIpc) is 2.90. The molecule has 0 spiro atoms. The maximum absolute atomic E-state index is 12.6. The summed E-state index contributed by atoms with van der Waals surface area (Å²) in [6, 6.07) is 3.72. The van der Waals surface area contributed by atoms with Crippen molar-refractivity contribution in [2.45, 2.75) is 33.1 Å². The van der Waals surface area contributed by atoms with Crippen LogP contribution in [0.2, 0.25) is 0 Å². The highest BCUT2D eigenvalue weighted by Crippen LogP contribution is 2.32. The van der Waals surface area contributed by atoms with Crippen molar-refractivity contribution in [1.82, 2.24) is 19.9 Å². The van der Waals surface area contributed by atoms with Crippen molar-refractivity contribution >= 4 is 17.1 Å². The molecule has 0 bridgehead atoms. The van der Waals surface area contributed by atoms with Crippen molar-refractivity contribution in [2.24, 2.45) is 5.41 Å². The molecule has 0 radical (unpaired) electrons. The first-order valence-corrected chi connectivity index (χ1v) is 7.21. The fourth-order valence-corrected chi connectivity index (χ4v) is 2.87. The Morgan fingerprint density at radius 3 is 3.15 bits per heavy atom. The van der Waals surface area contributed by atoms with Gasteiger partial charge < -0.3 is 9.88 Å². The second-order valence-electron chi connectivity index (χ2n) is 5.95. The van der Waals surface area contributed by atoms with Gasteiger partial charge in [0, 0.05) is 19.3 Å². The van der Waals surface area contributed by atoms with Gasteiger partial charge in [-0.05, 0) is 36.8 Å². The van der Waals surface area contributed by atoms with Crippen molar-refractivity contribution in [2.75, 3.05) is 13.1 Å². The Labute approximate surface area is 118 Å². The number of pyridine rings is 1. The number of aromatic nitrogens is 3. The van der Waals surface area contributed by atoms with Crippen LogP contribution in [0.3, 0.4) is 0 Å². The zero-order valence-corrected chi connectivity index (χ0v) is 12.0. The monoisotopic (exact) mass is 272 g/mol. The Hall–Kier alpha value is -1.91. The fourth-order valence-electron chi connectivity index (χ4n) is 2.87. The van der Waals surface area contributed by atoms with Gasteiger partial charge in [0.05, 0.1) is 5.52 Å². The number of imidazole rings is 1. The third-order valence-electron chi connectivity index (χ3n) is 4.38. The molecule has 1 N–H and O–H groups in total. The number of carbonyl (C=O) groups excluding carboxylic acids is 1. The minimum Gasteiger partial charge on any atom is -0.335 e. The predicted molar refractivity (Wildman–Crippen MR) is 77.4 cm³/mol. The Morgan fingerprint density at radius 1 is 1.55 bits per heavy atom. The van der Waals surface area contributed by atoms with E-state index in [1.54, 1.807) is 6.20 Å². The maximum atomic E-state index is 12.6. The minimum atomic E-state index is -0.0117. The van der Waals surface area contributed by atoms with Crippen LogP contribution >= 0.6 is 0 Å². The van der Waals surface area contributed by atoms with Gasteiger partial charge in [-0.3, -0.25) is 4.79 Å². The molecule has 1 unspecified atom stereocenters. The van der Waals surface area contributed by atoms with E-state index in [0.29, 0.717) is 11.5 Å². The van der Waals surface area contributed by atoms with E-state index in [-0.39, 0.29) is 11.3 Å². The molecule has 20 heavy (non-hydrogen) atoms. The van der Waals surface area contributed by atoms with Crippen LogP contribution in [0, 0.1) is 5.41 Å². The maximum Gasteiger partial charge on any atom is 0.289 e. The van der Waals surface area contributed by atoms with Crippen LogP contribution in [-0.4, -0.2) is 38.8 Å². The van der Waals surface area contributed by atoms with Crippen LogP contribution in [-0.2, 0) is 0 Å². The molecule has 1 atom stereocenters. The average molecular weight is 272 g/mol. The third kappa shape index (κ3) is 2.28. The number of amides is 1. The molecule has 1 aliphatic heterocycles. The van der Waals surface area contributed by atoms with Crippen LogP contribution in [0.15, 0.2) is 18.3 Å². The number of likely N-dealkylation sites (tertiary alicyclic amines) is 1. The first-order chi connectivity index (χ1) is 9.61. The van der Waals surface area contributed by atoms with E-state index in [9.17, 15) is 4.79 Å². The zero-order chi connectivity index (χ0) is 14.2. The quantitative estimate of drug-likeness (QED) is 0.914. The van der Waals surface area contributed by atoms with Crippen molar-refractivity contribution in [3.8, 4) is 0 Å². The molecule has 3 heterocycles. The lowest BCUT2D eigenvalue weighted by atomic mass is 9.79. The topological polar surface area (TPSA) is 61.9 Å². The van der Waals surface area contributed by atoms with Crippen molar-refractivity contribution < 1.29 is 4.79 Å². The summed E-state index contributed by atoms with van der Waals surface area (Å²) >= 11 is 0. The molecule has 2 aromatic heterocycles. The van der Waals surface area contributed by atoms with Gasteiger partial charge in [0.1, 0.15) is 0 Å². The van der Waals surface area contributed by atoms with Gasteiger partial charge in [0.15, 0.2) is 11.5 Å². The van der Waals surface area contributed by atoms with Crippen molar-refractivity contribution in [3.05, 3.63) is 24.2 Å². The van der Waals surface area contributed by atoms with Crippen LogP contribution in [0.1, 0.15) is 43.7 Å². The molecule has 1 amide bonds. The lowest BCUT2D eigenvalue weighted by Gasteiger charge is -2.39. The smallest absolute Gasteiger partial charge is 0.289 e. The highest BCUT2D eigenvalue weighted by molar-refractivity contribution is 5.93. The summed E-state index contributed by atoms with van der Waals surface area (Å²) in [5.41, 5.74) is 1.65. The number of nitrogens with zero attached hydrogens (tertiary/aromatic N) is 3. The molecule has 2 aromatic rings. The van der Waals surface area contributed by atoms with E-state index in [0.717, 1.165) is 31.4 Å². The number of H-pyrrole nitrogens is 1. The first-order valence-electron chi connectivity index (χ1n) is 7.21. The summed E-state index contributed by atoms with van der Waals surface area (Å²) in [7, 11) is 0. The van der Waals surface area contributed by atoms with Gasteiger partial charge in [-0.2, -0.15) is 0 Å². The highest BCUT2D eigenvalue weighted by atomic mass is 16.2. The number of rotatable bonds is 2. The predicted octanol–water partition coefficient (Wildman–Crippen LogP) is 2.61. The number of piperidine rings is 1. The summed E-state index contributed by atoms with van der Waals surface area (Å²) < 4.78 is 0. The molecule has 1 fully saturated rings. The number of fused-ring (bicyclic) bond motifs is 1. The van der Waals surface area contributed by atoms with Crippen LogP contribution in [0.25, 0.3) is 11.2 Å². The number of hydrogen-bond donors (Lipinski definition) is 1. The SMILES string of the molecule is CCC1(C)CCCN(C(=O)c2nc3ncccc3[nH]2)C1. The van der Waals surface area contributed by atoms with Crippen LogP contribution in [0.5, 0.6) is 0 Å². The summed E-state index contributed by atoms with van der Waals surface area (Å²) in [5, 5.41) is 0. The summed E-state index contributed by atoms with van der Waals surface area (Å²) in [6.07, 6.45) is 5.04. The van der Waals surface area contributed by atoms with Gasteiger partial charge in [-0.15, -0.1) is 0 Å². The molecule has 106 valence electrons. The van der Waals surface area contributed by atoms with Crippen molar-refractivity contribution in [3.63, 3.8) is 0 Å². The molecule has 0 aliphatic carbocycles. The fraction of sp³-hybridized carbons (Fsp3) is 0.533. The molecule has 1 saturated heterocycles. The Morgan fingerprint density at radius 2 is 2.40 bits per heavy atom.